The van der Waals surface area contributed by atoms with Crippen molar-refractivity contribution < 1.29 is 18.6 Å². The number of amidine groups is 1. The molecular weight excluding hydrogens is 434 g/mol. The topological polar surface area (TPSA) is 165 Å². The van der Waals surface area contributed by atoms with E-state index >= 15 is 0 Å². The Bertz CT molecular complexity index is 1040. The largest absolute Gasteiger partial charge is 0.388 e. The van der Waals surface area contributed by atoms with E-state index in [-0.39, 0.29) is 25.2 Å². The van der Waals surface area contributed by atoms with Crippen LogP contribution in [0.25, 0.3) is 0 Å². The molecule has 2 aliphatic heterocycles. The highest BCUT2D eigenvalue weighted by Gasteiger charge is 2.54. The Balaban J connectivity index is 1.28. The predicted molar refractivity (Wildman–Crippen MR) is 120 cm³/mol. The Morgan fingerprint density at radius 3 is 2.94 bits per heavy atom. The molecule has 6 N–H and O–H groups in total. The fourth-order valence-electron chi connectivity index (χ4n) is 5.47. The molecule has 0 spiro atoms. The second-order valence-electron chi connectivity index (χ2n) is 9.04. The van der Waals surface area contributed by atoms with Crippen LogP contribution in [0, 0.1) is 5.92 Å². The Labute approximate surface area is 187 Å². The molecule has 174 valence electrons. The molecule has 5 aliphatic rings. The molecule has 2 heterocycles. The number of nitrogens with zero attached hydrogens (tertiary/aromatic N) is 4. The molecule has 5 rings (SSSR count). The molecule has 0 amide bonds. The molecule has 0 aromatic heterocycles. The van der Waals surface area contributed by atoms with Gasteiger partial charge in [-0.1, -0.05) is 12.2 Å². The van der Waals surface area contributed by atoms with Crippen LogP contribution >= 0.6 is 0 Å². The molecule has 32 heavy (non-hydrogen) atoms. The van der Waals surface area contributed by atoms with E-state index in [0.29, 0.717) is 12.3 Å². The van der Waals surface area contributed by atoms with Gasteiger partial charge >= 0.3 is 0 Å². The van der Waals surface area contributed by atoms with Crippen LogP contribution in [0.2, 0.25) is 0 Å². The van der Waals surface area contributed by atoms with Gasteiger partial charge in [0.1, 0.15) is 30.5 Å². The molecule has 2 unspecified atom stereocenters. The van der Waals surface area contributed by atoms with Crippen molar-refractivity contribution in [3.05, 3.63) is 23.3 Å². The maximum atomic E-state index is 11.3. The SMILES string of the molecule is NS(=O)(=O)NC[C@H]1CC[C@@](O)(N2C=NC3C2=NC=N[C@@H]3NC2CCC3=C2CCC=C3)[C@@H]1O. The van der Waals surface area contributed by atoms with Gasteiger partial charge in [0.2, 0.25) is 0 Å². The van der Waals surface area contributed by atoms with Crippen LogP contribution in [-0.2, 0) is 10.2 Å². The summed E-state index contributed by atoms with van der Waals surface area (Å²) in [7, 11) is -3.88. The van der Waals surface area contributed by atoms with Crippen molar-refractivity contribution >= 4 is 28.7 Å². The maximum Gasteiger partial charge on any atom is 0.274 e. The first-order valence-electron chi connectivity index (χ1n) is 11.0. The number of allylic oxidation sites excluding steroid dienone is 3. The zero-order valence-electron chi connectivity index (χ0n) is 17.6. The summed E-state index contributed by atoms with van der Waals surface area (Å²) < 4.78 is 24.6. The summed E-state index contributed by atoms with van der Waals surface area (Å²) >= 11 is 0. The number of nitrogens with one attached hydrogen (secondary N) is 2. The van der Waals surface area contributed by atoms with Gasteiger partial charge in [-0.3, -0.25) is 20.2 Å². The maximum absolute atomic E-state index is 11.3. The summed E-state index contributed by atoms with van der Waals surface area (Å²) in [5, 5.41) is 30.8. The zero-order valence-corrected chi connectivity index (χ0v) is 18.4. The van der Waals surface area contributed by atoms with Crippen molar-refractivity contribution in [3.8, 4) is 0 Å². The van der Waals surface area contributed by atoms with E-state index in [1.165, 1.54) is 28.7 Å². The van der Waals surface area contributed by atoms with Crippen molar-refractivity contribution in [2.24, 2.45) is 26.0 Å². The van der Waals surface area contributed by atoms with Gasteiger partial charge in [-0.25, -0.2) is 14.9 Å². The molecule has 6 atom stereocenters. The van der Waals surface area contributed by atoms with Gasteiger partial charge in [0.15, 0.2) is 5.72 Å². The fourth-order valence-corrected chi connectivity index (χ4v) is 5.91. The van der Waals surface area contributed by atoms with Crippen molar-refractivity contribution in [3.63, 3.8) is 0 Å². The lowest BCUT2D eigenvalue weighted by molar-refractivity contribution is -0.118. The summed E-state index contributed by atoms with van der Waals surface area (Å²) in [5.41, 5.74) is 1.23. The smallest absolute Gasteiger partial charge is 0.274 e. The zero-order chi connectivity index (χ0) is 22.5. The number of aliphatic imine (C=N–C) groups is 3. The molecule has 3 aliphatic carbocycles. The Morgan fingerprint density at radius 1 is 1.28 bits per heavy atom. The first kappa shape index (κ1) is 21.9. The van der Waals surface area contributed by atoms with Crippen LogP contribution in [0.3, 0.4) is 0 Å². The Morgan fingerprint density at radius 2 is 2.12 bits per heavy atom. The van der Waals surface area contributed by atoms with E-state index in [1.54, 1.807) is 0 Å². The van der Waals surface area contributed by atoms with Gasteiger partial charge in [-0.2, -0.15) is 8.42 Å². The molecule has 0 aromatic rings. The summed E-state index contributed by atoms with van der Waals surface area (Å²) in [6.07, 6.45) is 10.8. The first-order chi connectivity index (χ1) is 15.3. The molecule has 0 saturated heterocycles. The second kappa shape index (κ2) is 8.12. The van der Waals surface area contributed by atoms with Gasteiger partial charge < -0.3 is 10.2 Å². The van der Waals surface area contributed by atoms with Crippen LogP contribution < -0.4 is 15.2 Å². The van der Waals surface area contributed by atoms with E-state index in [1.807, 2.05) is 0 Å². The van der Waals surface area contributed by atoms with E-state index < -0.39 is 34.0 Å². The summed E-state index contributed by atoms with van der Waals surface area (Å²) in [6, 6.07) is -0.156. The van der Waals surface area contributed by atoms with Gasteiger partial charge in [-0.15, -0.1) is 0 Å². The number of rotatable bonds is 6. The van der Waals surface area contributed by atoms with Gasteiger partial charge in [0.05, 0.1) is 6.34 Å². The summed E-state index contributed by atoms with van der Waals surface area (Å²) in [5.74, 6) is 0.0376. The number of hydrogen-bond donors (Lipinski definition) is 5. The van der Waals surface area contributed by atoms with Crippen LogP contribution in [0.15, 0.2) is 38.3 Å². The van der Waals surface area contributed by atoms with E-state index in [2.05, 4.69) is 37.2 Å². The normalized spacial score (nSPS) is 38.4. The average molecular weight is 464 g/mol. The minimum Gasteiger partial charge on any atom is -0.388 e. The van der Waals surface area contributed by atoms with Crippen molar-refractivity contribution in [1.82, 2.24) is 14.9 Å². The van der Waals surface area contributed by atoms with E-state index in [4.69, 9.17) is 5.14 Å². The van der Waals surface area contributed by atoms with Crippen LogP contribution in [0.1, 0.15) is 38.5 Å². The van der Waals surface area contributed by atoms with Crippen molar-refractivity contribution in [2.75, 3.05) is 6.54 Å². The van der Waals surface area contributed by atoms with E-state index in [0.717, 1.165) is 25.7 Å². The molecule has 1 saturated carbocycles. The Kier molecular flexibility index (Phi) is 5.55. The predicted octanol–water partition coefficient (Wildman–Crippen LogP) is -0.883. The number of aliphatic hydroxyl groups is 2. The molecule has 0 aromatic carbocycles. The third kappa shape index (κ3) is 3.84. The lowest BCUT2D eigenvalue weighted by atomic mass is 9.97. The molecule has 1 fully saturated rings. The minimum atomic E-state index is -3.88. The fraction of sp³-hybridized carbons (Fsp3) is 0.650. The summed E-state index contributed by atoms with van der Waals surface area (Å²) in [4.78, 5) is 15.0. The Hall–Kier alpha value is -1.96. The van der Waals surface area contributed by atoms with Gasteiger partial charge in [0.25, 0.3) is 10.2 Å². The molecule has 0 radical (unpaired) electrons. The van der Waals surface area contributed by atoms with Crippen LogP contribution in [-0.4, -0.2) is 78.7 Å². The van der Waals surface area contributed by atoms with Crippen LogP contribution in [0.4, 0.5) is 0 Å². The first-order valence-corrected chi connectivity index (χ1v) is 12.6. The third-order valence-corrected chi connectivity index (χ3v) is 7.71. The quantitative estimate of drug-likeness (QED) is 0.343. The van der Waals surface area contributed by atoms with Crippen molar-refractivity contribution in [2.45, 2.75) is 68.6 Å². The monoisotopic (exact) mass is 463 g/mol. The third-order valence-electron chi connectivity index (χ3n) is 7.14. The van der Waals surface area contributed by atoms with Crippen LogP contribution in [0.5, 0.6) is 0 Å². The number of fused-ring (bicyclic) bond motifs is 1. The van der Waals surface area contributed by atoms with E-state index in [9.17, 15) is 18.6 Å². The number of nitrogens with two attached hydrogens (primary N) is 1. The molecule has 0 bridgehead atoms. The minimum absolute atomic E-state index is 0.0532. The summed E-state index contributed by atoms with van der Waals surface area (Å²) in [6.45, 7) is -0.0532. The lowest BCUT2D eigenvalue weighted by Gasteiger charge is -2.38. The highest BCUT2D eigenvalue weighted by Crippen LogP contribution is 2.40. The molecular formula is C20H29N7O4S. The highest BCUT2D eigenvalue weighted by atomic mass is 32.2. The number of hydrogen-bond acceptors (Lipinski definition) is 9. The molecule has 11 nitrogen and oxygen atoms in total. The second-order valence-corrected chi connectivity index (χ2v) is 10.4. The van der Waals surface area contributed by atoms with Crippen molar-refractivity contribution in [1.29, 1.82) is 0 Å². The van der Waals surface area contributed by atoms with Gasteiger partial charge in [-0.05, 0) is 49.7 Å². The average Bonchev–Trinajstić information content (AvgIpc) is 3.44. The van der Waals surface area contributed by atoms with Gasteiger partial charge in [0, 0.05) is 18.5 Å². The highest BCUT2D eigenvalue weighted by molar-refractivity contribution is 7.87. The molecule has 12 heteroatoms. The lowest BCUT2D eigenvalue weighted by Crippen LogP contribution is -2.59. The standard InChI is InChI=1S/C20H29N7O4S/c21-32(30,31)25-9-13-7-8-20(29,17(13)28)27-11-24-16-18(22-10-23-19(16)27)26-15-6-5-12-3-1-2-4-14(12)15/h1,3,10-11,13,15-18,25-26,28-29H,2,4-9H2,(H2,21,30,31)/t13-,15?,16?,17-,18-,20+/m1/s1. The number of aliphatic hydroxyl groups excluding tert-OH is 1.